The normalized spacial score (nSPS) is 10.3. The van der Waals surface area contributed by atoms with Crippen molar-refractivity contribution in [3.8, 4) is 5.75 Å². The minimum absolute atomic E-state index is 0.268. The van der Waals surface area contributed by atoms with Crippen LogP contribution in [-0.4, -0.2) is 30.5 Å². The highest BCUT2D eigenvalue weighted by atomic mass is 16.5. The van der Waals surface area contributed by atoms with E-state index in [-0.39, 0.29) is 11.8 Å². The van der Waals surface area contributed by atoms with Crippen LogP contribution in [0.1, 0.15) is 31.8 Å². The molecular weight excluding hydrogens is 366 g/mol. The molecule has 0 radical (unpaired) electrons. The molecule has 3 aromatic rings. The highest BCUT2D eigenvalue weighted by Gasteiger charge is 2.11. The van der Waals surface area contributed by atoms with E-state index in [1.165, 1.54) is 12.4 Å². The van der Waals surface area contributed by atoms with Crippen LogP contribution < -0.4 is 15.4 Å². The molecule has 6 nitrogen and oxygen atoms in total. The van der Waals surface area contributed by atoms with Crippen LogP contribution in [0.5, 0.6) is 5.75 Å². The SMILES string of the molecule is COc1ccc(CCNC(=O)c2cncc(C(=O)Nc3ccc(C)cc3)c2)cc1. The van der Waals surface area contributed by atoms with E-state index in [0.717, 1.165) is 16.9 Å². The number of aryl methyl sites for hydroxylation is 1. The molecule has 0 saturated heterocycles. The van der Waals surface area contributed by atoms with Gasteiger partial charge in [-0.25, -0.2) is 0 Å². The first-order valence-electron chi connectivity index (χ1n) is 9.29. The zero-order chi connectivity index (χ0) is 20.6. The lowest BCUT2D eigenvalue weighted by atomic mass is 10.1. The van der Waals surface area contributed by atoms with E-state index in [0.29, 0.717) is 29.8 Å². The monoisotopic (exact) mass is 389 g/mol. The number of ether oxygens (including phenoxy) is 1. The zero-order valence-corrected chi connectivity index (χ0v) is 16.4. The Morgan fingerprint density at radius 3 is 2.24 bits per heavy atom. The summed E-state index contributed by atoms with van der Waals surface area (Å²) in [6, 6.07) is 16.7. The van der Waals surface area contributed by atoms with E-state index in [2.05, 4.69) is 15.6 Å². The molecule has 29 heavy (non-hydrogen) atoms. The van der Waals surface area contributed by atoms with Crippen LogP contribution in [0.2, 0.25) is 0 Å². The number of pyridine rings is 1. The van der Waals surface area contributed by atoms with E-state index >= 15 is 0 Å². The molecule has 0 spiro atoms. The van der Waals surface area contributed by atoms with Gasteiger partial charge in [-0.2, -0.15) is 0 Å². The lowest BCUT2D eigenvalue weighted by Crippen LogP contribution is -2.26. The smallest absolute Gasteiger partial charge is 0.257 e. The van der Waals surface area contributed by atoms with E-state index in [4.69, 9.17) is 4.74 Å². The summed E-state index contributed by atoms with van der Waals surface area (Å²) in [5, 5.41) is 5.66. The average Bonchev–Trinajstić information content (AvgIpc) is 2.76. The fourth-order valence-electron chi connectivity index (χ4n) is 2.74. The maximum atomic E-state index is 12.4. The molecule has 0 aliphatic carbocycles. The van der Waals surface area contributed by atoms with Gasteiger partial charge in [0.1, 0.15) is 5.75 Å². The van der Waals surface area contributed by atoms with Crippen molar-refractivity contribution in [2.24, 2.45) is 0 Å². The lowest BCUT2D eigenvalue weighted by Gasteiger charge is -2.08. The van der Waals surface area contributed by atoms with Crippen LogP contribution in [0, 0.1) is 6.92 Å². The first kappa shape index (κ1) is 20.1. The molecule has 0 fully saturated rings. The molecule has 0 aliphatic heterocycles. The van der Waals surface area contributed by atoms with E-state index in [1.54, 1.807) is 13.2 Å². The summed E-state index contributed by atoms with van der Waals surface area (Å²) in [6.45, 7) is 2.46. The number of hydrogen-bond acceptors (Lipinski definition) is 4. The van der Waals surface area contributed by atoms with Crippen molar-refractivity contribution in [1.82, 2.24) is 10.3 Å². The maximum Gasteiger partial charge on any atom is 0.257 e. The Hall–Kier alpha value is -3.67. The average molecular weight is 389 g/mol. The predicted molar refractivity (Wildman–Crippen MR) is 112 cm³/mol. The van der Waals surface area contributed by atoms with Crippen LogP contribution in [0.15, 0.2) is 67.0 Å². The number of amides is 2. The number of benzene rings is 2. The van der Waals surface area contributed by atoms with Gasteiger partial charge in [0.05, 0.1) is 18.2 Å². The van der Waals surface area contributed by atoms with Gasteiger partial charge in [0.25, 0.3) is 11.8 Å². The number of aromatic nitrogens is 1. The highest BCUT2D eigenvalue weighted by molar-refractivity contribution is 6.05. The molecule has 1 aromatic heterocycles. The number of nitrogens with zero attached hydrogens (tertiary/aromatic N) is 1. The van der Waals surface area contributed by atoms with Gasteiger partial charge in [-0.15, -0.1) is 0 Å². The number of methoxy groups -OCH3 is 1. The summed E-state index contributed by atoms with van der Waals surface area (Å²) in [4.78, 5) is 28.9. The quantitative estimate of drug-likeness (QED) is 0.647. The van der Waals surface area contributed by atoms with Gasteiger partial charge in [0, 0.05) is 24.6 Å². The Labute approximate surface area is 169 Å². The van der Waals surface area contributed by atoms with Crippen molar-refractivity contribution >= 4 is 17.5 Å². The van der Waals surface area contributed by atoms with Crippen LogP contribution in [-0.2, 0) is 6.42 Å². The molecule has 2 amide bonds. The van der Waals surface area contributed by atoms with Crippen molar-refractivity contribution in [2.45, 2.75) is 13.3 Å². The van der Waals surface area contributed by atoms with Crippen LogP contribution in [0.25, 0.3) is 0 Å². The van der Waals surface area contributed by atoms with Crippen molar-refractivity contribution in [2.75, 3.05) is 19.0 Å². The molecule has 0 saturated carbocycles. The van der Waals surface area contributed by atoms with Crippen molar-refractivity contribution in [3.05, 3.63) is 89.2 Å². The highest BCUT2D eigenvalue weighted by Crippen LogP contribution is 2.12. The third-order valence-corrected chi connectivity index (χ3v) is 4.43. The molecule has 148 valence electrons. The van der Waals surface area contributed by atoms with Gasteiger partial charge in [-0.1, -0.05) is 29.8 Å². The molecule has 2 N–H and O–H groups in total. The van der Waals surface area contributed by atoms with Crippen LogP contribution in [0.3, 0.4) is 0 Å². The molecule has 3 rings (SSSR count). The predicted octanol–water partition coefficient (Wildman–Crippen LogP) is 3.62. The van der Waals surface area contributed by atoms with Crippen molar-refractivity contribution < 1.29 is 14.3 Å². The van der Waals surface area contributed by atoms with Gasteiger partial charge in [0.15, 0.2) is 0 Å². The maximum absolute atomic E-state index is 12.4. The molecular formula is C23H23N3O3. The van der Waals surface area contributed by atoms with Gasteiger partial charge < -0.3 is 15.4 Å². The van der Waals surface area contributed by atoms with E-state index in [1.807, 2.05) is 55.5 Å². The molecule has 0 unspecified atom stereocenters. The fraction of sp³-hybridized carbons (Fsp3) is 0.174. The molecule has 0 atom stereocenters. The molecule has 6 heteroatoms. The lowest BCUT2D eigenvalue weighted by molar-refractivity contribution is 0.0953. The summed E-state index contributed by atoms with van der Waals surface area (Å²) in [7, 11) is 1.62. The minimum atomic E-state index is -0.311. The molecule has 0 aliphatic rings. The number of nitrogens with one attached hydrogen (secondary N) is 2. The third kappa shape index (κ3) is 5.65. The first-order valence-corrected chi connectivity index (χ1v) is 9.29. The standard InChI is InChI=1S/C23H23N3O3/c1-16-3-7-20(8-4-16)26-23(28)19-13-18(14-24-15-19)22(27)25-12-11-17-5-9-21(29-2)10-6-17/h3-10,13-15H,11-12H2,1-2H3,(H,25,27)(H,26,28). The summed E-state index contributed by atoms with van der Waals surface area (Å²) in [5.74, 6) is 0.217. The van der Waals surface area contributed by atoms with E-state index < -0.39 is 0 Å². The van der Waals surface area contributed by atoms with Crippen molar-refractivity contribution in [1.29, 1.82) is 0 Å². The van der Waals surface area contributed by atoms with Gasteiger partial charge in [0.2, 0.25) is 0 Å². The van der Waals surface area contributed by atoms with Crippen LogP contribution in [0.4, 0.5) is 5.69 Å². The number of rotatable bonds is 7. The second-order valence-electron chi connectivity index (χ2n) is 6.64. The fourth-order valence-corrected chi connectivity index (χ4v) is 2.74. The Bertz CT molecular complexity index is 983. The summed E-state index contributed by atoms with van der Waals surface area (Å²) < 4.78 is 5.13. The van der Waals surface area contributed by atoms with Gasteiger partial charge in [-0.05, 0) is 49.2 Å². The number of anilines is 1. The molecule has 2 aromatic carbocycles. The second kappa shape index (κ2) is 9.50. The Morgan fingerprint density at radius 1 is 0.931 bits per heavy atom. The number of carbonyl (C=O) groups excluding carboxylic acids is 2. The number of carbonyl (C=O) groups is 2. The summed E-state index contributed by atoms with van der Waals surface area (Å²) in [5.41, 5.74) is 3.56. The molecule has 1 heterocycles. The molecule has 0 bridgehead atoms. The Morgan fingerprint density at radius 2 is 1.59 bits per heavy atom. The van der Waals surface area contributed by atoms with Crippen LogP contribution >= 0.6 is 0 Å². The second-order valence-corrected chi connectivity index (χ2v) is 6.64. The topological polar surface area (TPSA) is 80.3 Å². The largest absolute Gasteiger partial charge is 0.497 e. The Kier molecular flexibility index (Phi) is 6.58. The zero-order valence-electron chi connectivity index (χ0n) is 16.4. The van der Waals surface area contributed by atoms with Crippen molar-refractivity contribution in [3.63, 3.8) is 0 Å². The van der Waals surface area contributed by atoms with E-state index in [9.17, 15) is 9.59 Å². The minimum Gasteiger partial charge on any atom is -0.497 e. The summed E-state index contributed by atoms with van der Waals surface area (Å²) >= 11 is 0. The van der Waals surface area contributed by atoms with Gasteiger partial charge >= 0.3 is 0 Å². The summed E-state index contributed by atoms with van der Waals surface area (Å²) in [6.07, 6.45) is 3.58. The third-order valence-electron chi connectivity index (χ3n) is 4.43. The first-order chi connectivity index (χ1) is 14.0. The number of hydrogen-bond donors (Lipinski definition) is 2. The van der Waals surface area contributed by atoms with Gasteiger partial charge in [-0.3, -0.25) is 14.6 Å². The Balaban J connectivity index is 1.56.